The summed E-state index contributed by atoms with van der Waals surface area (Å²) in [5, 5.41) is 0. The first-order valence-electron chi connectivity index (χ1n) is 5.05. The van der Waals surface area contributed by atoms with Crippen LogP contribution in [0.25, 0.3) is 0 Å². The SMILES string of the molecule is CC1(C)CCCC(C)(C)N1[PH](O)(O)O. The van der Waals surface area contributed by atoms with E-state index in [0.717, 1.165) is 19.3 Å². The van der Waals surface area contributed by atoms with E-state index in [0.29, 0.717) is 0 Å². The van der Waals surface area contributed by atoms with Crippen LogP contribution < -0.4 is 0 Å². The van der Waals surface area contributed by atoms with Crippen molar-refractivity contribution in [2.75, 3.05) is 0 Å². The zero-order valence-electron chi connectivity index (χ0n) is 9.41. The van der Waals surface area contributed by atoms with Gasteiger partial charge in [-0.1, -0.05) is 0 Å². The second-order valence-corrected chi connectivity index (χ2v) is 7.06. The number of piperidine rings is 1. The zero-order chi connectivity index (χ0) is 11.2. The van der Waals surface area contributed by atoms with E-state index < -0.39 is 8.09 Å². The average Bonchev–Trinajstić information content (AvgIpc) is 1.76. The van der Waals surface area contributed by atoms with Crippen molar-refractivity contribution in [3.8, 4) is 0 Å². The fourth-order valence-corrected chi connectivity index (χ4v) is 4.66. The van der Waals surface area contributed by atoms with Crippen LogP contribution in [-0.4, -0.2) is 30.4 Å². The molecule has 1 aliphatic heterocycles. The van der Waals surface area contributed by atoms with Gasteiger partial charge in [0.25, 0.3) is 0 Å². The second-order valence-electron chi connectivity index (χ2n) is 5.41. The maximum absolute atomic E-state index is 9.49. The Bertz CT molecular complexity index is 207. The quantitative estimate of drug-likeness (QED) is 0.588. The molecule has 0 aromatic carbocycles. The van der Waals surface area contributed by atoms with E-state index in [9.17, 15) is 14.7 Å². The molecule has 1 aliphatic rings. The molecule has 1 rings (SSSR count). The van der Waals surface area contributed by atoms with Crippen LogP contribution in [0.1, 0.15) is 47.0 Å². The van der Waals surface area contributed by atoms with Crippen molar-refractivity contribution in [2.24, 2.45) is 0 Å². The van der Waals surface area contributed by atoms with E-state index in [4.69, 9.17) is 0 Å². The predicted octanol–water partition coefficient (Wildman–Crippen LogP) is 1.42. The minimum atomic E-state index is -4.19. The van der Waals surface area contributed by atoms with Gasteiger partial charge in [-0.15, -0.1) is 0 Å². The molecule has 14 heavy (non-hydrogen) atoms. The molecule has 0 aliphatic carbocycles. The summed E-state index contributed by atoms with van der Waals surface area (Å²) in [5.41, 5.74) is -0.682. The summed E-state index contributed by atoms with van der Waals surface area (Å²) < 4.78 is 1.51. The minimum absolute atomic E-state index is 0.341. The Labute approximate surface area is 86.2 Å². The summed E-state index contributed by atoms with van der Waals surface area (Å²) in [6, 6.07) is 0. The molecule has 4 nitrogen and oxygen atoms in total. The van der Waals surface area contributed by atoms with Crippen molar-refractivity contribution < 1.29 is 14.7 Å². The van der Waals surface area contributed by atoms with Crippen molar-refractivity contribution in [1.82, 2.24) is 4.67 Å². The Morgan fingerprint density at radius 3 is 1.50 bits per heavy atom. The van der Waals surface area contributed by atoms with E-state index in [2.05, 4.69) is 0 Å². The van der Waals surface area contributed by atoms with Gasteiger partial charge >= 0.3 is 85.5 Å². The van der Waals surface area contributed by atoms with Crippen LogP contribution >= 0.6 is 8.09 Å². The topological polar surface area (TPSA) is 63.9 Å². The molecule has 0 unspecified atom stereocenters. The first kappa shape index (κ1) is 12.3. The summed E-state index contributed by atoms with van der Waals surface area (Å²) in [4.78, 5) is 28.5. The normalized spacial score (nSPS) is 28.8. The van der Waals surface area contributed by atoms with Crippen LogP contribution in [0, 0.1) is 0 Å². The Hall–Kier alpha value is 0.270. The standard InChI is InChI=1S/C9H22NO3P/c1-8(2)6-5-7-9(3,4)10(8)14(11,12)13/h11-14H,5-7H2,1-4H3. The van der Waals surface area contributed by atoms with E-state index in [-0.39, 0.29) is 11.1 Å². The summed E-state index contributed by atoms with van der Waals surface area (Å²) in [5.74, 6) is 0. The molecule has 0 bridgehead atoms. The molecular formula is C9H22NO3P. The molecule has 0 amide bonds. The van der Waals surface area contributed by atoms with Crippen LogP contribution in [0.3, 0.4) is 0 Å². The predicted molar refractivity (Wildman–Crippen MR) is 58.8 cm³/mol. The number of nitrogens with zero attached hydrogens (tertiary/aromatic N) is 1. The Morgan fingerprint density at radius 2 is 1.29 bits per heavy atom. The third kappa shape index (κ3) is 2.26. The van der Waals surface area contributed by atoms with Gasteiger partial charge in [0.15, 0.2) is 0 Å². The van der Waals surface area contributed by atoms with Crippen molar-refractivity contribution in [3.63, 3.8) is 0 Å². The van der Waals surface area contributed by atoms with E-state index in [1.165, 1.54) is 4.67 Å². The molecule has 1 saturated heterocycles. The maximum atomic E-state index is 9.49. The second kappa shape index (κ2) is 3.39. The van der Waals surface area contributed by atoms with Gasteiger partial charge in [0.1, 0.15) is 0 Å². The van der Waals surface area contributed by atoms with Crippen molar-refractivity contribution in [1.29, 1.82) is 0 Å². The summed E-state index contributed by atoms with van der Waals surface area (Å²) in [6.45, 7) is 7.77. The fourth-order valence-electron chi connectivity index (χ4n) is 2.81. The first-order valence-corrected chi connectivity index (χ1v) is 6.84. The monoisotopic (exact) mass is 223 g/mol. The van der Waals surface area contributed by atoms with Gasteiger partial charge in [-0.2, -0.15) is 0 Å². The summed E-state index contributed by atoms with van der Waals surface area (Å²) >= 11 is 0. The fraction of sp³-hybridized carbons (Fsp3) is 1.00. The molecule has 5 heteroatoms. The zero-order valence-corrected chi connectivity index (χ0v) is 10.4. The summed E-state index contributed by atoms with van der Waals surface area (Å²) in [6.07, 6.45) is 2.82. The number of rotatable bonds is 1. The van der Waals surface area contributed by atoms with Gasteiger partial charge < -0.3 is 0 Å². The molecule has 86 valence electrons. The molecule has 0 atom stereocenters. The van der Waals surface area contributed by atoms with Gasteiger partial charge in [0.05, 0.1) is 0 Å². The molecule has 0 aromatic heterocycles. The number of hydrogen-bond acceptors (Lipinski definition) is 4. The van der Waals surface area contributed by atoms with Crippen LogP contribution in [-0.2, 0) is 0 Å². The Balaban J connectivity index is 3.04. The van der Waals surface area contributed by atoms with Crippen molar-refractivity contribution >= 4 is 8.09 Å². The third-order valence-corrected chi connectivity index (χ3v) is 4.90. The average molecular weight is 223 g/mol. The van der Waals surface area contributed by atoms with Gasteiger partial charge in [-0.05, 0) is 0 Å². The molecule has 0 aromatic rings. The molecule has 1 heterocycles. The molecule has 3 N–H and O–H groups in total. The molecule has 0 radical (unpaired) electrons. The molecule has 0 saturated carbocycles. The third-order valence-electron chi connectivity index (χ3n) is 3.09. The van der Waals surface area contributed by atoms with E-state index in [1.54, 1.807) is 0 Å². The molecule has 0 spiro atoms. The van der Waals surface area contributed by atoms with Gasteiger partial charge in [-0.25, -0.2) is 0 Å². The van der Waals surface area contributed by atoms with Crippen LogP contribution in [0.2, 0.25) is 0 Å². The molecule has 1 fully saturated rings. The van der Waals surface area contributed by atoms with Crippen LogP contribution in [0.5, 0.6) is 0 Å². The van der Waals surface area contributed by atoms with Crippen molar-refractivity contribution in [3.05, 3.63) is 0 Å². The van der Waals surface area contributed by atoms with Gasteiger partial charge in [0, 0.05) is 0 Å². The Morgan fingerprint density at radius 1 is 0.929 bits per heavy atom. The van der Waals surface area contributed by atoms with Gasteiger partial charge in [-0.3, -0.25) is 0 Å². The Kier molecular flexibility index (Phi) is 2.99. The van der Waals surface area contributed by atoms with E-state index in [1.807, 2.05) is 27.7 Å². The van der Waals surface area contributed by atoms with E-state index >= 15 is 0 Å². The first-order chi connectivity index (χ1) is 6.07. The van der Waals surface area contributed by atoms with Crippen LogP contribution in [0.4, 0.5) is 0 Å². The molecular weight excluding hydrogens is 201 g/mol. The number of hydrogen-bond donors (Lipinski definition) is 3. The van der Waals surface area contributed by atoms with Gasteiger partial charge in [0.2, 0.25) is 0 Å². The summed E-state index contributed by atoms with van der Waals surface area (Å²) in [7, 11) is -4.19. The van der Waals surface area contributed by atoms with Crippen LogP contribution in [0.15, 0.2) is 0 Å². The van der Waals surface area contributed by atoms with Crippen molar-refractivity contribution in [2.45, 2.75) is 58.0 Å².